The van der Waals surface area contributed by atoms with Crippen LogP contribution in [0.1, 0.15) is 73.6 Å². The molecular weight excluding hydrogens is 328 g/mol. The van der Waals surface area contributed by atoms with Gasteiger partial charge in [0.25, 0.3) is 0 Å². The summed E-state index contributed by atoms with van der Waals surface area (Å²) in [5.41, 5.74) is 4.98. The minimum atomic E-state index is 0.218. The highest BCUT2D eigenvalue weighted by Crippen LogP contribution is 2.42. The molecule has 0 aliphatic carbocycles. The third kappa shape index (κ3) is 4.42. The van der Waals surface area contributed by atoms with Crippen molar-refractivity contribution in [2.24, 2.45) is 0 Å². The summed E-state index contributed by atoms with van der Waals surface area (Å²) in [7, 11) is 0. The lowest BCUT2D eigenvalue weighted by Crippen LogP contribution is -2.10. The van der Waals surface area contributed by atoms with Gasteiger partial charge in [0, 0.05) is 17.4 Å². The van der Waals surface area contributed by atoms with Crippen molar-refractivity contribution in [3.05, 3.63) is 101 Å². The normalized spacial score (nSPS) is 13.3. The van der Waals surface area contributed by atoms with Crippen molar-refractivity contribution in [2.75, 3.05) is 0 Å². The van der Waals surface area contributed by atoms with E-state index in [2.05, 4.69) is 80.6 Å². The van der Waals surface area contributed by atoms with Gasteiger partial charge in [0.05, 0.1) is 0 Å². The summed E-state index contributed by atoms with van der Waals surface area (Å²) < 4.78 is 0. The van der Waals surface area contributed by atoms with Crippen LogP contribution in [0.4, 0.5) is 0 Å². The number of aromatic hydroxyl groups is 1. The van der Waals surface area contributed by atoms with Crippen molar-refractivity contribution >= 4 is 0 Å². The lowest BCUT2D eigenvalue weighted by Gasteiger charge is -2.27. The Bertz CT molecular complexity index is 823. The molecule has 27 heavy (non-hydrogen) atoms. The van der Waals surface area contributed by atoms with Gasteiger partial charge in [-0.15, -0.1) is 0 Å². The van der Waals surface area contributed by atoms with Gasteiger partial charge >= 0.3 is 0 Å². The smallest absolute Gasteiger partial charge is 0.119 e. The van der Waals surface area contributed by atoms with Crippen LogP contribution in [0.15, 0.2) is 78.9 Å². The Morgan fingerprint density at radius 3 is 1.70 bits per heavy atom. The number of hydrogen-bond acceptors (Lipinski definition) is 1. The van der Waals surface area contributed by atoms with Crippen molar-refractivity contribution < 1.29 is 5.11 Å². The lowest BCUT2D eigenvalue weighted by atomic mass is 9.78. The van der Waals surface area contributed by atoms with E-state index in [1.165, 1.54) is 16.7 Å². The number of hydrogen-bond donors (Lipinski definition) is 1. The number of phenols is 1. The van der Waals surface area contributed by atoms with Crippen LogP contribution in [0.25, 0.3) is 0 Å². The molecule has 1 N–H and O–H groups in total. The van der Waals surface area contributed by atoms with E-state index in [0.29, 0.717) is 11.7 Å². The van der Waals surface area contributed by atoms with Gasteiger partial charge in [-0.05, 0) is 35.6 Å². The minimum Gasteiger partial charge on any atom is -0.508 e. The van der Waals surface area contributed by atoms with Crippen LogP contribution in [-0.4, -0.2) is 5.11 Å². The molecule has 2 unspecified atom stereocenters. The maximum Gasteiger partial charge on any atom is 0.119 e. The van der Waals surface area contributed by atoms with Crippen molar-refractivity contribution in [1.29, 1.82) is 0 Å². The van der Waals surface area contributed by atoms with Crippen LogP contribution in [0.2, 0.25) is 0 Å². The van der Waals surface area contributed by atoms with Gasteiger partial charge in [0.15, 0.2) is 0 Å². The second-order valence-electron chi connectivity index (χ2n) is 7.28. The zero-order valence-corrected chi connectivity index (χ0v) is 16.4. The Morgan fingerprint density at radius 2 is 1.15 bits per heavy atom. The molecule has 3 aromatic rings. The second kappa shape index (κ2) is 9.41. The van der Waals surface area contributed by atoms with Gasteiger partial charge in [0.1, 0.15) is 5.75 Å². The molecule has 140 valence electrons. The molecule has 0 aromatic heterocycles. The molecule has 0 fully saturated rings. The van der Waals surface area contributed by atoms with Gasteiger partial charge in [0.2, 0.25) is 0 Å². The van der Waals surface area contributed by atoms with Crippen LogP contribution >= 0.6 is 0 Å². The van der Waals surface area contributed by atoms with Crippen LogP contribution < -0.4 is 0 Å². The third-order valence-electron chi connectivity index (χ3n) is 5.40. The predicted molar refractivity (Wildman–Crippen MR) is 114 cm³/mol. The number of rotatable bonds is 8. The molecule has 2 atom stereocenters. The highest BCUT2D eigenvalue weighted by molar-refractivity contribution is 5.50. The first-order valence-corrected chi connectivity index (χ1v) is 10.2. The Hall–Kier alpha value is -2.54. The summed E-state index contributed by atoms with van der Waals surface area (Å²) in [6, 6.07) is 27.4. The number of benzene rings is 3. The molecule has 0 heterocycles. The molecule has 0 saturated carbocycles. The fourth-order valence-corrected chi connectivity index (χ4v) is 4.18. The van der Waals surface area contributed by atoms with Gasteiger partial charge < -0.3 is 5.11 Å². The fourth-order valence-electron chi connectivity index (χ4n) is 4.18. The summed E-state index contributed by atoms with van der Waals surface area (Å²) in [4.78, 5) is 0. The molecule has 0 spiro atoms. The number of phenolic OH excluding ortho intramolecular Hbond substituents is 1. The maximum atomic E-state index is 10.9. The molecule has 3 aromatic carbocycles. The van der Waals surface area contributed by atoms with Crippen molar-refractivity contribution in [3.63, 3.8) is 0 Å². The molecule has 1 heteroatoms. The summed E-state index contributed by atoms with van der Waals surface area (Å²) in [6.07, 6.45) is 4.30. The van der Waals surface area contributed by atoms with E-state index < -0.39 is 0 Å². The maximum absolute atomic E-state index is 10.9. The highest BCUT2D eigenvalue weighted by atomic mass is 16.3. The predicted octanol–water partition coefficient (Wildman–Crippen LogP) is 7.26. The van der Waals surface area contributed by atoms with E-state index in [9.17, 15) is 5.11 Å². The average Bonchev–Trinajstić information content (AvgIpc) is 2.72. The Kier molecular flexibility index (Phi) is 6.70. The molecule has 3 rings (SSSR count). The largest absolute Gasteiger partial charge is 0.508 e. The second-order valence-corrected chi connectivity index (χ2v) is 7.28. The van der Waals surface area contributed by atoms with E-state index >= 15 is 0 Å². The quantitative estimate of drug-likeness (QED) is 0.449. The fraction of sp³-hybridized carbons (Fsp3) is 0.308. The van der Waals surface area contributed by atoms with Gasteiger partial charge in [-0.3, -0.25) is 0 Å². The first kappa shape index (κ1) is 19.2. The van der Waals surface area contributed by atoms with Crippen LogP contribution in [-0.2, 0) is 0 Å². The van der Waals surface area contributed by atoms with Crippen molar-refractivity contribution in [2.45, 2.75) is 51.4 Å². The molecule has 0 bridgehead atoms. The van der Waals surface area contributed by atoms with Gasteiger partial charge in [-0.2, -0.15) is 0 Å². The van der Waals surface area contributed by atoms with E-state index in [1.54, 1.807) is 0 Å². The first-order valence-electron chi connectivity index (χ1n) is 10.2. The van der Waals surface area contributed by atoms with Gasteiger partial charge in [-0.25, -0.2) is 0 Å². The molecule has 0 saturated heterocycles. The summed E-state index contributed by atoms with van der Waals surface area (Å²) in [6.45, 7) is 4.45. The van der Waals surface area contributed by atoms with Crippen molar-refractivity contribution in [1.82, 2.24) is 0 Å². The minimum absolute atomic E-state index is 0.218. The monoisotopic (exact) mass is 358 g/mol. The molecular formula is C26H30O. The van der Waals surface area contributed by atoms with Gasteiger partial charge in [-0.1, -0.05) is 99.5 Å². The molecule has 1 nitrogen and oxygen atoms in total. The van der Waals surface area contributed by atoms with E-state index in [-0.39, 0.29) is 5.92 Å². The lowest BCUT2D eigenvalue weighted by molar-refractivity contribution is 0.459. The van der Waals surface area contributed by atoms with Crippen molar-refractivity contribution in [3.8, 4) is 5.75 Å². The summed E-state index contributed by atoms with van der Waals surface area (Å²) in [5.74, 6) is 0.948. The zero-order chi connectivity index (χ0) is 19.1. The Balaban J connectivity index is 2.15. The third-order valence-corrected chi connectivity index (χ3v) is 5.40. The highest BCUT2D eigenvalue weighted by Gasteiger charge is 2.25. The summed E-state index contributed by atoms with van der Waals surface area (Å²) in [5, 5.41) is 10.9. The molecule has 0 aliphatic heterocycles. The SMILES string of the molecule is CCCC(c1ccccc1)c1cccc(O)c1C(CCC)c1ccccc1. The Morgan fingerprint density at radius 1 is 0.630 bits per heavy atom. The van der Waals surface area contributed by atoms with Crippen LogP contribution in [0, 0.1) is 0 Å². The first-order chi connectivity index (χ1) is 13.3. The zero-order valence-electron chi connectivity index (χ0n) is 16.4. The molecule has 0 radical (unpaired) electrons. The van der Waals surface area contributed by atoms with Crippen LogP contribution in [0.5, 0.6) is 5.75 Å². The van der Waals surface area contributed by atoms with Crippen LogP contribution in [0.3, 0.4) is 0 Å². The van der Waals surface area contributed by atoms with E-state index in [1.807, 2.05) is 12.1 Å². The summed E-state index contributed by atoms with van der Waals surface area (Å²) >= 11 is 0. The standard InChI is InChI=1S/C26H30O/c1-3-12-22(20-14-7-5-8-15-20)24-18-11-19-25(27)26(24)23(13-4-2)21-16-9-6-10-17-21/h5-11,14-19,22-23,27H,3-4,12-13H2,1-2H3. The Labute approximate surface area is 163 Å². The average molecular weight is 359 g/mol. The molecule has 0 aliphatic rings. The molecule has 0 amide bonds. The topological polar surface area (TPSA) is 20.2 Å². The van der Waals surface area contributed by atoms with E-state index in [4.69, 9.17) is 0 Å². The van der Waals surface area contributed by atoms with E-state index in [0.717, 1.165) is 31.2 Å².